The summed E-state index contributed by atoms with van der Waals surface area (Å²) in [6.07, 6.45) is 1.14. The van der Waals surface area contributed by atoms with Gasteiger partial charge < -0.3 is 9.30 Å². The van der Waals surface area contributed by atoms with Gasteiger partial charge in [0.25, 0.3) is 0 Å². The Balaban J connectivity index is 2.14. The molecule has 1 aromatic carbocycles. The summed E-state index contributed by atoms with van der Waals surface area (Å²) in [6, 6.07) is 6.13. The number of ether oxygens (including phenoxy) is 1. The number of carbonyl (C=O) groups is 1. The summed E-state index contributed by atoms with van der Waals surface area (Å²) in [5.41, 5.74) is 2.01. The maximum absolute atomic E-state index is 11.4. The highest BCUT2D eigenvalue weighted by Gasteiger charge is 2.11. The number of alkyl halides is 1. The first-order valence-corrected chi connectivity index (χ1v) is 8.13. The number of fused-ring (bicyclic) bond motifs is 1. The number of hydrogen-bond acceptors (Lipinski definition) is 3. The van der Waals surface area contributed by atoms with Gasteiger partial charge in [-0.2, -0.15) is 0 Å². The van der Waals surface area contributed by atoms with E-state index in [4.69, 9.17) is 16.3 Å². The van der Waals surface area contributed by atoms with Crippen LogP contribution < -0.4 is 0 Å². The number of aryl methyl sites for hydroxylation is 1. The Morgan fingerprint density at radius 1 is 1.50 bits per heavy atom. The molecule has 1 heterocycles. The van der Waals surface area contributed by atoms with Crippen LogP contribution in [0.3, 0.4) is 0 Å². The fourth-order valence-electron chi connectivity index (χ4n) is 2.12. The van der Waals surface area contributed by atoms with E-state index >= 15 is 0 Å². The molecule has 108 valence electrons. The van der Waals surface area contributed by atoms with Gasteiger partial charge in [0.2, 0.25) is 0 Å². The van der Waals surface area contributed by atoms with Crippen LogP contribution >= 0.6 is 34.2 Å². The Morgan fingerprint density at radius 3 is 3.00 bits per heavy atom. The predicted molar refractivity (Wildman–Crippen MR) is 87.9 cm³/mol. The molecule has 2 aromatic rings. The lowest BCUT2D eigenvalue weighted by Gasteiger charge is -2.07. The first-order valence-electron chi connectivity index (χ1n) is 6.52. The van der Waals surface area contributed by atoms with E-state index in [-0.39, 0.29) is 5.97 Å². The number of nitrogens with zero attached hydrogens (tertiary/aromatic N) is 2. The van der Waals surface area contributed by atoms with Crippen molar-refractivity contribution < 1.29 is 9.53 Å². The number of esters is 1. The normalized spacial score (nSPS) is 10.9. The summed E-state index contributed by atoms with van der Waals surface area (Å²) >= 11 is 8.22. The molecular weight excluding hydrogens is 391 g/mol. The van der Waals surface area contributed by atoms with Crippen molar-refractivity contribution in [1.29, 1.82) is 0 Å². The van der Waals surface area contributed by atoms with Gasteiger partial charge in [0.05, 0.1) is 23.5 Å². The van der Waals surface area contributed by atoms with Crippen LogP contribution in [-0.4, -0.2) is 22.1 Å². The molecule has 0 aliphatic rings. The third-order valence-corrected chi connectivity index (χ3v) is 3.89. The molecule has 0 N–H and O–H groups in total. The Labute approximate surface area is 136 Å². The maximum Gasteiger partial charge on any atom is 0.305 e. The Kier molecular flexibility index (Phi) is 5.65. The van der Waals surface area contributed by atoms with Gasteiger partial charge in [-0.15, -0.1) is 11.6 Å². The molecule has 0 amide bonds. The summed E-state index contributed by atoms with van der Waals surface area (Å²) in [7, 11) is 0. The van der Waals surface area contributed by atoms with Gasteiger partial charge in [-0.05, 0) is 54.1 Å². The molecular formula is C14H16ClIN2O2. The number of aromatic nitrogens is 2. The smallest absolute Gasteiger partial charge is 0.305 e. The molecule has 0 atom stereocenters. The van der Waals surface area contributed by atoms with Crippen LogP contribution in [0.1, 0.15) is 25.6 Å². The first-order chi connectivity index (χ1) is 9.65. The maximum atomic E-state index is 11.4. The molecule has 4 nitrogen and oxygen atoms in total. The molecule has 0 radical (unpaired) electrons. The molecule has 0 aliphatic carbocycles. The summed E-state index contributed by atoms with van der Waals surface area (Å²) < 4.78 is 8.16. The fourth-order valence-corrected chi connectivity index (χ4v) is 2.80. The Hall–Kier alpha value is -0.820. The largest absolute Gasteiger partial charge is 0.466 e. The van der Waals surface area contributed by atoms with Gasteiger partial charge >= 0.3 is 5.97 Å². The SMILES string of the molecule is CCOC(=O)CCCn1c(CCl)nc2cc(I)ccc21. The van der Waals surface area contributed by atoms with Gasteiger partial charge in [0.1, 0.15) is 5.82 Å². The molecule has 2 rings (SSSR count). The van der Waals surface area contributed by atoms with Crippen molar-refractivity contribution in [2.24, 2.45) is 0 Å². The van der Waals surface area contributed by atoms with Crippen molar-refractivity contribution >= 4 is 51.2 Å². The predicted octanol–water partition coefficient (Wildman–Crippen LogP) is 3.72. The summed E-state index contributed by atoms with van der Waals surface area (Å²) in [5, 5.41) is 0. The van der Waals surface area contributed by atoms with Gasteiger partial charge in [0, 0.05) is 16.5 Å². The van der Waals surface area contributed by atoms with Crippen LogP contribution in [0, 0.1) is 3.57 Å². The van der Waals surface area contributed by atoms with E-state index in [0.29, 0.717) is 18.9 Å². The van der Waals surface area contributed by atoms with Crippen molar-refractivity contribution in [2.75, 3.05) is 6.61 Å². The molecule has 0 saturated heterocycles. The van der Waals surface area contributed by atoms with Crippen LogP contribution in [-0.2, 0) is 22.0 Å². The summed E-state index contributed by atoms with van der Waals surface area (Å²) in [6.45, 7) is 2.96. The number of benzene rings is 1. The second kappa shape index (κ2) is 7.26. The molecule has 0 fully saturated rings. The number of carbonyl (C=O) groups excluding carboxylic acids is 1. The molecule has 0 spiro atoms. The molecule has 0 unspecified atom stereocenters. The summed E-state index contributed by atoms with van der Waals surface area (Å²) in [4.78, 5) is 15.9. The molecule has 20 heavy (non-hydrogen) atoms. The van der Waals surface area contributed by atoms with Gasteiger partial charge in [-0.3, -0.25) is 4.79 Å². The van der Waals surface area contributed by atoms with E-state index in [9.17, 15) is 4.79 Å². The number of imidazole rings is 1. The van der Waals surface area contributed by atoms with Gasteiger partial charge in [0.15, 0.2) is 0 Å². The highest BCUT2D eigenvalue weighted by atomic mass is 127. The standard InChI is InChI=1S/C14H16ClIN2O2/c1-2-20-14(19)4-3-7-18-12-6-5-10(16)8-11(12)17-13(18)9-15/h5-6,8H,2-4,7,9H2,1H3. The Bertz CT molecular complexity index is 612. The monoisotopic (exact) mass is 406 g/mol. The van der Waals surface area contributed by atoms with E-state index < -0.39 is 0 Å². The van der Waals surface area contributed by atoms with Gasteiger partial charge in [-0.25, -0.2) is 4.98 Å². The molecule has 0 bridgehead atoms. The molecule has 6 heteroatoms. The topological polar surface area (TPSA) is 44.1 Å². The zero-order valence-electron chi connectivity index (χ0n) is 11.2. The van der Waals surface area contributed by atoms with E-state index in [1.54, 1.807) is 0 Å². The second-order valence-electron chi connectivity index (χ2n) is 4.35. The summed E-state index contributed by atoms with van der Waals surface area (Å²) in [5.74, 6) is 1.05. The van der Waals surface area contributed by atoms with Crippen molar-refractivity contribution in [3.05, 3.63) is 27.6 Å². The second-order valence-corrected chi connectivity index (χ2v) is 5.87. The Morgan fingerprint density at radius 2 is 2.30 bits per heavy atom. The third-order valence-electron chi connectivity index (χ3n) is 2.98. The highest BCUT2D eigenvalue weighted by molar-refractivity contribution is 14.1. The molecule has 1 aromatic heterocycles. The van der Waals surface area contributed by atoms with Crippen molar-refractivity contribution in [3.8, 4) is 0 Å². The van der Waals surface area contributed by atoms with Crippen molar-refractivity contribution in [1.82, 2.24) is 9.55 Å². The number of halogens is 2. The number of rotatable bonds is 6. The molecule has 0 saturated carbocycles. The first kappa shape index (κ1) is 15.6. The fraction of sp³-hybridized carbons (Fsp3) is 0.429. The van der Waals surface area contributed by atoms with E-state index in [2.05, 4.69) is 32.1 Å². The van der Waals surface area contributed by atoms with Gasteiger partial charge in [-0.1, -0.05) is 0 Å². The average molecular weight is 407 g/mol. The van der Waals surface area contributed by atoms with E-state index in [1.165, 1.54) is 0 Å². The van der Waals surface area contributed by atoms with Crippen molar-refractivity contribution in [2.45, 2.75) is 32.2 Å². The van der Waals surface area contributed by atoms with E-state index in [1.807, 2.05) is 25.1 Å². The van der Waals surface area contributed by atoms with Crippen molar-refractivity contribution in [3.63, 3.8) is 0 Å². The zero-order valence-corrected chi connectivity index (χ0v) is 14.1. The van der Waals surface area contributed by atoms with Crippen LogP contribution in [0.2, 0.25) is 0 Å². The lowest BCUT2D eigenvalue weighted by atomic mass is 10.3. The lowest BCUT2D eigenvalue weighted by Crippen LogP contribution is -2.08. The van der Waals surface area contributed by atoms with Crippen LogP contribution in [0.5, 0.6) is 0 Å². The minimum Gasteiger partial charge on any atom is -0.466 e. The van der Waals surface area contributed by atoms with Crippen LogP contribution in [0.25, 0.3) is 11.0 Å². The highest BCUT2D eigenvalue weighted by Crippen LogP contribution is 2.20. The average Bonchev–Trinajstić information content (AvgIpc) is 2.76. The zero-order chi connectivity index (χ0) is 14.5. The lowest BCUT2D eigenvalue weighted by molar-refractivity contribution is -0.143. The quantitative estimate of drug-likeness (QED) is 0.417. The van der Waals surface area contributed by atoms with Crippen LogP contribution in [0.4, 0.5) is 0 Å². The molecule has 0 aliphatic heterocycles. The minimum atomic E-state index is -0.154. The number of hydrogen-bond donors (Lipinski definition) is 0. The third kappa shape index (κ3) is 3.63. The van der Waals surface area contributed by atoms with Crippen LogP contribution in [0.15, 0.2) is 18.2 Å². The minimum absolute atomic E-state index is 0.154. The van der Waals surface area contributed by atoms with E-state index in [0.717, 1.165) is 33.4 Å².